The molecule has 0 N–H and O–H groups in total. The summed E-state index contributed by atoms with van der Waals surface area (Å²) in [5.41, 5.74) is 0. The summed E-state index contributed by atoms with van der Waals surface area (Å²) in [6.07, 6.45) is 18.8. The van der Waals surface area contributed by atoms with Gasteiger partial charge in [0.2, 0.25) is 0 Å². The van der Waals surface area contributed by atoms with E-state index in [2.05, 4.69) is 32.6 Å². The molecule has 0 saturated carbocycles. The van der Waals surface area contributed by atoms with Gasteiger partial charge >= 0.3 is 0 Å². The van der Waals surface area contributed by atoms with E-state index in [0.29, 0.717) is 0 Å². The molecule has 0 aliphatic carbocycles. The Bertz CT molecular complexity index is 230. The van der Waals surface area contributed by atoms with Crippen molar-refractivity contribution >= 4 is 0 Å². The molecule has 0 rings (SSSR count). The average Bonchev–Trinajstić information content (AvgIpc) is 2.47. The second kappa shape index (κ2) is 16.6. The van der Waals surface area contributed by atoms with E-state index in [0.717, 1.165) is 18.8 Å². The minimum atomic E-state index is 0.966. The summed E-state index contributed by atoms with van der Waals surface area (Å²) >= 11 is 0. The van der Waals surface area contributed by atoms with E-state index in [1.807, 2.05) is 0 Å². The van der Waals surface area contributed by atoms with Gasteiger partial charge in [-0.05, 0) is 12.3 Å². The smallest absolute Gasteiger partial charge is 0.0198 e. The van der Waals surface area contributed by atoms with Crippen LogP contribution in [0.2, 0.25) is 0 Å². The molecule has 0 aromatic heterocycles. The van der Waals surface area contributed by atoms with E-state index in [9.17, 15) is 0 Å². The molecule has 0 heteroatoms. The molecule has 0 amide bonds. The highest BCUT2D eigenvalue weighted by atomic mass is 14.1. The first kappa shape index (κ1) is 19.6. The lowest BCUT2D eigenvalue weighted by atomic mass is 9.92. The third-order valence-electron chi connectivity index (χ3n) is 4.23. The van der Waals surface area contributed by atoms with Gasteiger partial charge in [-0.3, -0.25) is 0 Å². The Kier molecular flexibility index (Phi) is 16.2. The molecular formula is C20H36. The van der Waals surface area contributed by atoms with Crippen LogP contribution in [0.15, 0.2) is 0 Å². The van der Waals surface area contributed by atoms with Crippen LogP contribution in [0.3, 0.4) is 0 Å². The van der Waals surface area contributed by atoms with Crippen LogP contribution in [0.4, 0.5) is 0 Å². The highest BCUT2D eigenvalue weighted by Gasteiger charge is 2.05. The molecule has 0 nitrogen and oxygen atoms in total. The minimum Gasteiger partial charge on any atom is -0.103 e. The second-order valence-corrected chi connectivity index (χ2v) is 5.99. The topological polar surface area (TPSA) is 0 Å². The van der Waals surface area contributed by atoms with E-state index in [-0.39, 0.29) is 0 Å². The minimum absolute atomic E-state index is 0.966. The molecule has 0 bridgehead atoms. The van der Waals surface area contributed by atoms with Crippen LogP contribution >= 0.6 is 0 Å². The Hall–Kier alpha value is -0.440. The van der Waals surface area contributed by atoms with Crippen molar-refractivity contribution in [3.8, 4) is 11.8 Å². The van der Waals surface area contributed by atoms with E-state index in [1.54, 1.807) is 0 Å². The predicted molar refractivity (Wildman–Crippen MR) is 92.3 cm³/mol. The first-order valence-electron chi connectivity index (χ1n) is 8.89. The lowest BCUT2D eigenvalue weighted by molar-refractivity contribution is 0.395. The van der Waals surface area contributed by atoms with Crippen LogP contribution in [0.5, 0.6) is 0 Å². The molecule has 0 spiro atoms. The fourth-order valence-electron chi connectivity index (χ4n) is 2.78. The van der Waals surface area contributed by atoms with Crippen molar-refractivity contribution in [2.24, 2.45) is 5.92 Å². The van der Waals surface area contributed by atoms with Gasteiger partial charge in [0.25, 0.3) is 0 Å². The van der Waals surface area contributed by atoms with Crippen molar-refractivity contribution < 1.29 is 0 Å². The summed E-state index contributed by atoms with van der Waals surface area (Å²) < 4.78 is 0. The van der Waals surface area contributed by atoms with Crippen LogP contribution in [-0.4, -0.2) is 0 Å². The zero-order chi connectivity index (χ0) is 14.9. The van der Waals surface area contributed by atoms with E-state index in [4.69, 9.17) is 0 Å². The predicted octanol–water partition coefficient (Wildman–Crippen LogP) is 6.76. The van der Waals surface area contributed by atoms with Crippen LogP contribution in [0.1, 0.15) is 96.8 Å². The Morgan fingerprint density at radius 1 is 0.800 bits per heavy atom. The maximum atomic E-state index is 3.90. The van der Waals surface area contributed by atoms with Crippen molar-refractivity contribution in [1.82, 2.24) is 0 Å². The second-order valence-electron chi connectivity index (χ2n) is 5.99. The summed E-state index contributed by atoms with van der Waals surface area (Å²) in [5.74, 6) is 6.74. The van der Waals surface area contributed by atoms with Gasteiger partial charge in [0.05, 0.1) is 0 Å². The monoisotopic (exact) mass is 276 g/mol. The SMILES string of the molecule is [CH2]C#CCCCCCC(CC)CCCCCCCC[CH2]. The highest BCUT2D eigenvalue weighted by molar-refractivity contribution is 5.00. The summed E-state index contributed by atoms with van der Waals surface area (Å²) in [5, 5.41) is 0. The largest absolute Gasteiger partial charge is 0.103 e. The van der Waals surface area contributed by atoms with Crippen molar-refractivity contribution in [2.75, 3.05) is 0 Å². The van der Waals surface area contributed by atoms with Crippen LogP contribution in [-0.2, 0) is 0 Å². The quantitative estimate of drug-likeness (QED) is 0.243. The third kappa shape index (κ3) is 14.0. The standard InChI is InChI=1S/C20H36/c1-4-7-9-11-13-15-17-19-20(6-3)18-16-14-12-10-8-5-2/h20H,1-2,4,6-7,9-19H2,3H3. The van der Waals surface area contributed by atoms with Crippen LogP contribution in [0, 0.1) is 31.6 Å². The molecule has 0 aromatic carbocycles. The normalized spacial score (nSPS) is 11.9. The fourth-order valence-corrected chi connectivity index (χ4v) is 2.78. The van der Waals surface area contributed by atoms with Gasteiger partial charge in [-0.25, -0.2) is 0 Å². The van der Waals surface area contributed by atoms with Gasteiger partial charge < -0.3 is 0 Å². The van der Waals surface area contributed by atoms with E-state index in [1.165, 1.54) is 77.0 Å². The Balaban J connectivity index is 3.35. The number of rotatable bonds is 14. The first-order chi connectivity index (χ1) is 9.85. The number of hydrogen-bond acceptors (Lipinski definition) is 0. The molecule has 0 aromatic rings. The lowest BCUT2D eigenvalue weighted by Gasteiger charge is -2.14. The molecular weight excluding hydrogens is 240 g/mol. The Morgan fingerprint density at radius 3 is 1.90 bits per heavy atom. The average molecular weight is 277 g/mol. The van der Waals surface area contributed by atoms with Gasteiger partial charge in [0.15, 0.2) is 0 Å². The van der Waals surface area contributed by atoms with Crippen LogP contribution in [0.25, 0.3) is 0 Å². The van der Waals surface area contributed by atoms with Gasteiger partial charge in [-0.15, -0.1) is 11.8 Å². The molecule has 1 unspecified atom stereocenters. The van der Waals surface area contributed by atoms with Crippen molar-refractivity contribution in [3.63, 3.8) is 0 Å². The first-order valence-corrected chi connectivity index (χ1v) is 8.89. The van der Waals surface area contributed by atoms with Crippen molar-refractivity contribution in [1.29, 1.82) is 0 Å². The molecule has 0 heterocycles. The highest BCUT2D eigenvalue weighted by Crippen LogP contribution is 2.21. The molecule has 0 fully saturated rings. The maximum Gasteiger partial charge on any atom is 0.0198 e. The van der Waals surface area contributed by atoms with E-state index < -0.39 is 0 Å². The summed E-state index contributed by atoms with van der Waals surface area (Å²) in [7, 11) is 0. The zero-order valence-electron chi connectivity index (χ0n) is 13.9. The van der Waals surface area contributed by atoms with Gasteiger partial charge in [-0.2, -0.15) is 0 Å². The summed E-state index contributed by atoms with van der Waals surface area (Å²) in [6, 6.07) is 0. The fraction of sp³-hybridized carbons (Fsp3) is 0.800. The molecule has 1 atom stereocenters. The van der Waals surface area contributed by atoms with Crippen LogP contribution < -0.4 is 0 Å². The molecule has 0 aliphatic heterocycles. The maximum absolute atomic E-state index is 3.90. The van der Waals surface area contributed by atoms with E-state index >= 15 is 0 Å². The van der Waals surface area contributed by atoms with Gasteiger partial charge in [0, 0.05) is 13.3 Å². The third-order valence-corrected chi connectivity index (χ3v) is 4.23. The molecule has 116 valence electrons. The van der Waals surface area contributed by atoms with Crippen molar-refractivity contribution in [3.05, 3.63) is 13.8 Å². The Morgan fingerprint density at radius 2 is 1.35 bits per heavy atom. The van der Waals surface area contributed by atoms with Gasteiger partial charge in [0.1, 0.15) is 0 Å². The Labute approximate surface area is 129 Å². The lowest BCUT2D eigenvalue weighted by Crippen LogP contribution is -1.99. The molecule has 0 saturated heterocycles. The molecule has 0 aliphatic rings. The summed E-state index contributed by atoms with van der Waals surface area (Å²) in [6.45, 7) is 9.80. The molecule has 2 radical (unpaired) electrons. The molecule has 20 heavy (non-hydrogen) atoms. The number of unbranched alkanes of at least 4 members (excludes halogenated alkanes) is 9. The number of hydrogen-bond donors (Lipinski definition) is 0. The van der Waals surface area contributed by atoms with Crippen molar-refractivity contribution in [2.45, 2.75) is 96.8 Å². The zero-order valence-corrected chi connectivity index (χ0v) is 13.9. The van der Waals surface area contributed by atoms with Gasteiger partial charge in [-0.1, -0.05) is 90.9 Å². The summed E-state index contributed by atoms with van der Waals surface area (Å²) in [4.78, 5) is 0.